The minimum absolute atomic E-state index is 0.0221. The van der Waals surface area contributed by atoms with Gasteiger partial charge in [-0.15, -0.1) is 0 Å². The molecule has 1 aliphatic rings. The standard InChI is InChI=1S/C26H32N2O4/c1-5-32-20-11-9-19(10-12-20)18-28-17-7-16-27-15-6-8-22(27)24(28)21-13-14-23(29-2)26(31-4)25(21)30-3/h6,8-15,24H,5,7,16-18H2,1-4H3/t24-/m0/s1. The molecule has 1 atom stereocenters. The molecular weight excluding hydrogens is 404 g/mol. The maximum atomic E-state index is 5.88. The molecular formula is C26H32N2O4. The van der Waals surface area contributed by atoms with Crippen LogP contribution in [-0.4, -0.2) is 43.9 Å². The number of hydrogen-bond donors (Lipinski definition) is 0. The number of nitrogens with zero attached hydrogens (tertiary/aromatic N) is 2. The van der Waals surface area contributed by atoms with E-state index in [4.69, 9.17) is 18.9 Å². The Bertz CT molecular complexity index is 1030. The monoisotopic (exact) mass is 436 g/mol. The van der Waals surface area contributed by atoms with E-state index in [0.717, 1.165) is 37.4 Å². The molecule has 0 fully saturated rings. The maximum Gasteiger partial charge on any atom is 0.203 e. The van der Waals surface area contributed by atoms with Crippen LogP contribution in [0.15, 0.2) is 54.7 Å². The molecule has 0 radical (unpaired) electrons. The predicted molar refractivity (Wildman–Crippen MR) is 125 cm³/mol. The van der Waals surface area contributed by atoms with Gasteiger partial charge >= 0.3 is 0 Å². The van der Waals surface area contributed by atoms with Gasteiger partial charge in [0, 0.05) is 37.1 Å². The quantitative estimate of drug-likeness (QED) is 0.502. The summed E-state index contributed by atoms with van der Waals surface area (Å²) in [6, 6.07) is 16.8. The first kappa shape index (κ1) is 22.1. The molecule has 3 aromatic rings. The van der Waals surface area contributed by atoms with Gasteiger partial charge in [-0.2, -0.15) is 0 Å². The summed E-state index contributed by atoms with van der Waals surface area (Å²) >= 11 is 0. The molecule has 4 rings (SSSR count). The highest BCUT2D eigenvalue weighted by atomic mass is 16.5. The molecule has 0 spiro atoms. The van der Waals surface area contributed by atoms with Gasteiger partial charge in [-0.25, -0.2) is 0 Å². The van der Waals surface area contributed by atoms with Crippen molar-refractivity contribution in [1.82, 2.24) is 9.47 Å². The van der Waals surface area contributed by atoms with Crippen molar-refractivity contribution in [3.05, 3.63) is 71.5 Å². The normalized spacial score (nSPS) is 16.2. The Labute approximate surface area is 190 Å². The fraction of sp³-hybridized carbons (Fsp3) is 0.385. The lowest BCUT2D eigenvalue weighted by atomic mass is 9.99. The van der Waals surface area contributed by atoms with Crippen LogP contribution in [0.3, 0.4) is 0 Å². The highest BCUT2D eigenvalue weighted by molar-refractivity contribution is 5.58. The smallest absolute Gasteiger partial charge is 0.203 e. The number of benzene rings is 2. The van der Waals surface area contributed by atoms with Gasteiger partial charge in [-0.3, -0.25) is 4.90 Å². The Morgan fingerprint density at radius 1 is 0.875 bits per heavy atom. The van der Waals surface area contributed by atoms with Gasteiger partial charge in [0.25, 0.3) is 0 Å². The summed E-state index contributed by atoms with van der Waals surface area (Å²) in [5.41, 5.74) is 3.56. The highest BCUT2D eigenvalue weighted by Gasteiger charge is 2.31. The third-order valence-electron chi connectivity index (χ3n) is 6.00. The summed E-state index contributed by atoms with van der Waals surface area (Å²) in [5.74, 6) is 2.90. The number of rotatable bonds is 8. The van der Waals surface area contributed by atoms with E-state index in [2.05, 4.69) is 46.0 Å². The Morgan fingerprint density at radius 3 is 2.34 bits per heavy atom. The third kappa shape index (κ3) is 4.28. The summed E-state index contributed by atoms with van der Waals surface area (Å²) < 4.78 is 25.1. The lowest BCUT2D eigenvalue weighted by Gasteiger charge is -2.32. The van der Waals surface area contributed by atoms with E-state index < -0.39 is 0 Å². The number of aryl methyl sites for hydroxylation is 1. The first-order valence-electron chi connectivity index (χ1n) is 11.1. The Morgan fingerprint density at radius 2 is 1.66 bits per heavy atom. The number of methoxy groups -OCH3 is 3. The number of ether oxygens (including phenoxy) is 4. The van der Waals surface area contributed by atoms with Crippen molar-refractivity contribution < 1.29 is 18.9 Å². The molecule has 0 saturated carbocycles. The van der Waals surface area contributed by atoms with E-state index >= 15 is 0 Å². The fourth-order valence-electron chi connectivity index (χ4n) is 4.60. The third-order valence-corrected chi connectivity index (χ3v) is 6.00. The zero-order chi connectivity index (χ0) is 22.5. The largest absolute Gasteiger partial charge is 0.494 e. The van der Waals surface area contributed by atoms with Gasteiger partial charge in [0.2, 0.25) is 5.75 Å². The van der Waals surface area contributed by atoms with Crippen molar-refractivity contribution >= 4 is 0 Å². The van der Waals surface area contributed by atoms with Crippen molar-refractivity contribution in [2.45, 2.75) is 32.5 Å². The minimum atomic E-state index is 0.0221. The van der Waals surface area contributed by atoms with Gasteiger partial charge in [0.1, 0.15) is 5.75 Å². The van der Waals surface area contributed by atoms with Crippen LogP contribution in [0.2, 0.25) is 0 Å². The maximum absolute atomic E-state index is 5.88. The van der Waals surface area contributed by atoms with Gasteiger partial charge in [-0.1, -0.05) is 12.1 Å². The highest BCUT2D eigenvalue weighted by Crippen LogP contribution is 2.46. The number of fused-ring (bicyclic) bond motifs is 1. The van der Waals surface area contributed by atoms with Gasteiger partial charge in [0.05, 0.1) is 34.0 Å². The van der Waals surface area contributed by atoms with Crippen LogP contribution >= 0.6 is 0 Å². The van der Waals surface area contributed by atoms with Crippen molar-refractivity contribution in [3.63, 3.8) is 0 Å². The van der Waals surface area contributed by atoms with Crippen LogP contribution in [-0.2, 0) is 13.1 Å². The first-order valence-corrected chi connectivity index (χ1v) is 11.1. The van der Waals surface area contributed by atoms with E-state index in [1.54, 1.807) is 21.3 Å². The zero-order valence-electron chi connectivity index (χ0n) is 19.3. The summed E-state index contributed by atoms with van der Waals surface area (Å²) in [6.07, 6.45) is 3.24. The lowest BCUT2D eigenvalue weighted by molar-refractivity contribution is 0.214. The molecule has 0 bridgehead atoms. The van der Waals surface area contributed by atoms with Crippen LogP contribution in [0.4, 0.5) is 0 Å². The van der Waals surface area contributed by atoms with E-state index in [1.807, 2.05) is 25.1 Å². The zero-order valence-corrected chi connectivity index (χ0v) is 19.3. The van der Waals surface area contributed by atoms with Gasteiger partial charge in [-0.05, 0) is 55.3 Å². The second-order valence-electron chi connectivity index (χ2n) is 7.85. The first-order chi connectivity index (χ1) is 15.7. The average molecular weight is 437 g/mol. The average Bonchev–Trinajstić information content (AvgIpc) is 3.21. The molecule has 0 N–H and O–H groups in total. The van der Waals surface area contributed by atoms with Crippen molar-refractivity contribution in [1.29, 1.82) is 0 Å². The number of hydrogen-bond acceptors (Lipinski definition) is 5. The van der Waals surface area contributed by atoms with Gasteiger partial charge < -0.3 is 23.5 Å². The number of aromatic nitrogens is 1. The molecule has 32 heavy (non-hydrogen) atoms. The topological polar surface area (TPSA) is 45.1 Å². The van der Waals surface area contributed by atoms with E-state index in [9.17, 15) is 0 Å². The van der Waals surface area contributed by atoms with Crippen molar-refractivity contribution in [2.24, 2.45) is 0 Å². The summed E-state index contributed by atoms with van der Waals surface area (Å²) in [4.78, 5) is 2.51. The van der Waals surface area contributed by atoms with E-state index in [0.29, 0.717) is 23.9 Å². The minimum Gasteiger partial charge on any atom is -0.494 e. The molecule has 1 aromatic heterocycles. The molecule has 0 amide bonds. The second kappa shape index (κ2) is 10.0. The van der Waals surface area contributed by atoms with Crippen molar-refractivity contribution in [2.75, 3.05) is 34.5 Å². The molecule has 6 nitrogen and oxygen atoms in total. The van der Waals surface area contributed by atoms with Crippen LogP contribution in [0.5, 0.6) is 23.0 Å². The van der Waals surface area contributed by atoms with Crippen molar-refractivity contribution in [3.8, 4) is 23.0 Å². The SMILES string of the molecule is CCOc1ccc(CN2CCCn3cccc3[C@@H]2c2ccc(OC)c(OC)c2OC)cc1. The van der Waals surface area contributed by atoms with Crippen LogP contribution in [0, 0.1) is 0 Å². The molecule has 0 aliphatic carbocycles. The summed E-state index contributed by atoms with van der Waals surface area (Å²) in [7, 11) is 4.98. The Hall–Kier alpha value is -3.12. The van der Waals surface area contributed by atoms with E-state index in [-0.39, 0.29) is 6.04 Å². The Kier molecular flexibility index (Phi) is 6.90. The molecule has 170 valence electrons. The van der Waals surface area contributed by atoms with E-state index in [1.165, 1.54) is 11.3 Å². The molecule has 1 aliphatic heterocycles. The van der Waals surface area contributed by atoms with Gasteiger partial charge in [0.15, 0.2) is 11.5 Å². The van der Waals surface area contributed by atoms with Crippen LogP contribution in [0.1, 0.15) is 36.2 Å². The molecule has 0 unspecified atom stereocenters. The lowest BCUT2D eigenvalue weighted by Crippen LogP contribution is -2.30. The predicted octanol–water partition coefficient (Wildman–Crippen LogP) is 4.91. The van der Waals surface area contributed by atoms with Crippen LogP contribution < -0.4 is 18.9 Å². The second-order valence-corrected chi connectivity index (χ2v) is 7.85. The Balaban J connectivity index is 1.77. The summed E-state index contributed by atoms with van der Waals surface area (Å²) in [6.45, 7) is 5.45. The molecule has 6 heteroatoms. The fourth-order valence-corrected chi connectivity index (χ4v) is 4.60. The molecule has 0 saturated heterocycles. The molecule has 2 aromatic carbocycles. The molecule has 2 heterocycles. The van der Waals surface area contributed by atoms with Crippen LogP contribution in [0.25, 0.3) is 0 Å². The summed E-state index contributed by atoms with van der Waals surface area (Å²) in [5, 5.41) is 0.